The van der Waals surface area contributed by atoms with Crippen molar-refractivity contribution >= 4 is 16.9 Å². The second-order valence-electron chi connectivity index (χ2n) is 4.84. The first-order chi connectivity index (χ1) is 8.79. The first kappa shape index (κ1) is 11.4. The van der Waals surface area contributed by atoms with E-state index in [0.717, 1.165) is 43.0 Å². The highest BCUT2D eigenvalue weighted by Crippen LogP contribution is 2.28. The molecule has 96 valence electrons. The van der Waals surface area contributed by atoms with Crippen LogP contribution >= 0.6 is 0 Å². The minimum Gasteiger partial charge on any atom is -0.356 e. The smallest absolute Gasteiger partial charge is 0.263 e. The molecule has 1 fully saturated rings. The Kier molecular flexibility index (Phi) is 2.87. The first-order valence-electron chi connectivity index (χ1n) is 6.31. The molecule has 0 bridgehead atoms. The minimum atomic E-state index is 0.545. The number of fused-ring (bicyclic) bond motifs is 1. The Bertz CT molecular complexity index is 552. The van der Waals surface area contributed by atoms with Gasteiger partial charge in [-0.25, -0.2) is 4.98 Å². The van der Waals surface area contributed by atoms with Crippen molar-refractivity contribution in [3.05, 3.63) is 12.0 Å². The largest absolute Gasteiger partial charge is 0.356 e. The van der Waals surface area contributed by atoms with E-state index in [9.17, 15) is 0 Å². The number of anilines is 1. The summed E-state index contributed by atoms with van der Waals surface area (Å²) in [5.41, 5.74) is 7.18. The maximum Gasteiger partial charge on any atom is 0.263 e. The molecule has 0 radical (unpaired) electrons. The van der Waals surface area contributed by atoms with Crippen molar-refractivity contribution in [2.45, 2.75) is 19.8 Å². The Hall–Kier alpha value is -1.69. The topological polar surface area (TPSA) is 81.1 Å². The number of hydrogen-bond acceptors (Lipinski definition) is 6. The summed E-state index contributed by atoms with van der Waals surface area (Å²) in [6, 6.07) is 0. The lowest BCUT2D eigenvalue weighted by molar-refractivity contribution is 0.422. The van der Waals surface area contributed by atoms with Crippen LogP contribution in [-0.2, 0) is 0 Å². The summed E-state index contributed by atoms with van der Waals surface area (Å²) in [6.45, 7) is 4.61. The molecule has 0 aliphatic carbocycles. The van der Waals surface area contributed by atoms with E-state index in [1.807, 2.05) is 6.92 Å². The lowest BCUT2D eigenvalue weighted by Gasteiger charge is -2.33. The summed E-state index contributed by atoms with van der Waals surface area (Å²) in [5.74, 6) is 1.47. The number of nitrogens with zero attached hydrogens (tertiary/aromatic N) is 4. The van der Waals surface area contributed by atoms with Crippen LogP contribution in [0, 0.1) is 12.8 Å². The molecule has 0 aromatic carbocycles. The van der Waals surface area contributed by atoms with Crippen molar-refractivity contribution in [2.75, 3.05) is 24.5 Å². The molecule has 1 atom stereocenters. The van der Waals surface area contributed by atoms with Crippen molar-refractivity contribution < 1.29 is 4.52 Å². The van der Waals surface area contributed by atoms with Gasteiger partial charge in [0.1, 0.15) is 17.5 Å². The average molecular weight is 247 g/mol. The van der Waals surface area contributed by atoms with Gasteiger partial charge in [0.05, 0.1) is 5.69 Å². The summed E-state index contributed by atoms with van der Waals surface area (Å²) in [5, 5.41) is 4.89. The maximum atomic E-state index is 5.78. The highest BCUT2D eigenvalue weighted by Gasteiger charge is 2.23. The van der Waals surface area contributed by atoms with Gasteiger partial charge in [-0.1, -0.05) is 5.16 Å². The van der Waals surface area contributed by atoms with Crippen LogP contribution in [0.3, 0.4) is 0 Å². The van der Waals surface area contributed by atoms with E-state index in [4.69, 9.17) is 10.3 Å². The molecule has 18 heavy (non-hydrogen) atoms. The van der Waals surface area contributed by atoms with Gasteiger partial charge >= 0.3 is 0 Å². The van der Waals surface area contributed by atoms with Gasteiger partial charge in [0.2, 0.25) is 0 Å². The molecule has 2 aromatic rings. The van der Waals surface area contributed by atoms with E-state index >= 15 is 0 Å². The van der Waals surface area contributed by atoms with Gasteiger partial charge in [0.25, 0.3) is 5.71 Å². The standard InChI is InChI=1S/C12H17N5O/c1-8-10-11(14-7-15-12(10)18-16-8)17-4-2-3-9(5-13)6-17/h7,9H,2-6,13H2,1H3. The Morgan fingerprint density at radius 2 is 2.39 bits per heavy atom. The summed E-state index contributed by atoms with van der Waals surface area (Å²) in [6.07, 6.45) is 3.88. The molecule has 1 unspecified atom stereocenters. The number of nitrogens with two attached hydrogens (primary N) is 1. The predicted molar refractivity (Wildman–Crippen MR) is 68.3 cm³/mol. The van der Waals surface area contributed by atoms with Gasteiger partial charge in [-0.15, -0.1) is 0 Å². The third-order valence-corrected chi connectivity index (χ3v) is 3.58. The summed E-state index contributed by atoms with van der Waals surface area (Å²) >= 11 is 0. The van der Waals surface area contributed by atoms with Crippen LogP contribution in [0.25, 0.3) is 11.1 Å². The van der Waals surface area contributed by atoms with E-state index in [2.05, 4.69) is 20.0 Å². The van der Waals surface area contributed by atoms with Crippen LogP contribution in [0.5, 0.6) is 0 Å². The molecule has 0 saturated carbocycles. The van der Waals surface area contributed by atoms with Crippen LogP contribution in [0.2, 0.25) is 0 Å². The van der Waals surface area contributed by atoms with Crippen molar-refractivity contribution in [1.82, 2.24) is 15.1 Å². The van der Waals surface area contributed by atoms with Gasteiger partial charge in [0.15, 0.2) is 0 Å². The fraction of sp³-hybridized carbons (Fsp3) is 0.583. The van der Waals surface area contributed by atoms with E-state index in [1.54, 1.807) is 0 Å². The molecule has 3 heterocycles. The monoisotopic (exact) mass is 247 g/mol. The van der Waals surface area contributed by atoms with Crippen LogP contribution in [0.15, 0.2) is 10.9 Å². The highest BCUT2D eigenvalue weighted by atomic mass is 16.5. The third-order valence-electron chi connectivity index (χ3n) is 3.58. The van der Waals surface area contributed by atoms with Crippen molar-refractivity contribution in [3.8, 4) is 0 Å². The molecule has 3 rings (SSSR count). The van der Waals surface area contributed by atoms with Crippen LogP contribution in [0.4, 0.5) is 5.82 Å². The zero-order valence-corrected chi connectivity index (χ0v) is 10.5. The number of aryl methyl sites for hydroxylation is 1. The number of rotatable bonds is 2. The van der Waals surface area contributed by atoms with E-state index in [-0.39, 0.29) is 0 Å². The first-order valence-corrected chi connectivity index (χ1v) is 6.31. The molecular formula is C12H17N5O. The van der Waals surface area contributed by atoms with Crippen LogP contribution in [-0.4, -0.2) is 34.8 Å². The van der Waals surface area contributed by atoms with Gasteiger partial charge in [0, 0.05) is 13.1 Å². The number of piperidine rings is 1. The van der Waals surface area contributed by atoms with E-state index < -0.39 is 0 Å². The second kappa shape index (κ2) is 4.53. The van der Waals surface area contributed by atoms with E-state index in [0.29, 0.717) is 11.6 Å². The normalized spacial score (nSPS) is 20.6. The van der Waals surface area contributed by atoms with Gasteiger partial charge in [-0.2, -0.15) is 4.98 Å². The maximum absolute atomic E-state index is 5.78. The highest BCUT2D eigenvalue weighted by molar-refractivity contribution is 5.87. The summed E-state index contributed by atoms with van der Waals surface area (Å²) in [4.78, 5) is 10.8. The van der Waals surface area contributed by atoms with Crippen molar-refractivity contribution in [3.63, 3.8) is 0 Å². The SMILES string of the molecule is Cc1noc2ncnc(N3CCCC(CN)C3)c12. The van der Waals surface area contributed by atoms with Gasteiger partial charge in [-0.3, -0.25) is 0 Å². The summed E-state index contributed by atoms with van der Waals surface area (Å²) < 4.78 is 5.18. The summed E-state index contributed by atoms with van der Waals surface area (Å²) in [7, 11) is 0. The second-order valence-corrected chi connectivity index (χ2v) is 4.84. The Labute approximate surface area is 105 Å². The zero-order chi connectivity index (χ0) is 12.5. The molecule has 2 N–H and O–H groups in total. The fourth-order valence-electron chi connectivity index (χ4n) is 2.59. The van der Waals surface area contributed by atoms with Gasteiger partial charge < -0.3 is 15.2 Å². The average Bonchev–Trinajstić information content (AvgIpc) is 2.81. The van der Waals surface area contributed by atoms with Crippen LogP contribution in [0.1, 0.15) is 18.5 Å². The van der Waals surface area contributed by atoms with Crippen molar-refractivity contribution in [2.24, 2.45) is 11.7 Å². The number of hydrogen-bond donors (Lipinski definition) is 1. The Morgan fingerprint density at radius 3 is 3.22 bits per heavy atom. The number of aromatic nitrogens is 3. The Balaban J connectivity index is 2.00. The molecule has 1 aliphatic rings. The molecule has 2 aromatic heterocycles. The molecule has 0 spiro atoms. The fourth-order valence-corrected chi connectivity index (χ4v) is 2.59. The van der Waals surface area contributed by atoms with Crippen molar-refractivity contribution in [1.29, 1.82) is 0 Å². The van der Waals surface area contributed by atoms with E-state index in [1.165, 1.54) is 12.7 Å². The zero-order valence-electron chi connectivity index (χ0n) is 10.5. The quantitative estimate of drug-likeness (QED) is 0.856. The predicted octanol–water partition coefficient (Wildman–Crippen LogP) is 1.10. The lowest BCUT2D eigenvalue weighted by Crippen LogP contribution is -2.38. The van der Waals surface area contributed by atoms with Gasteiger partial charge in [-0.05, 0) is 32.2 Å². The molecule has 0 amide bonds. The molecule has 1 saturated heterocycles. The Morgan fingerprint density at radius 1 is 1.50 bits per heavy atom. The lowest BCUT2D eigenvalue weighted by atomic mass is 9.98. The molecule has 1 aliphatic heterocycles. The molecular weight excluding hydrogens is 230 g/mol. The minimum absolute atomic E-state index is 0.545. The third kappa shape index (κ3) is 1.82. The molecule has 6 heteroatoms. The molecule has 6 nitrogen and oxygen atoms in total. The van der Waals surface area contributed by atoms with Crippen LogP contribution < -0.4 is 10.6 Å².